The van der Waals surface area contributed by atoms with Crippen molar-refractivity contribution in [3.63, 3.8) is 0 Å². The highest BCUT2D eigenvalue weighted by molar-refractivity contribution is 5.23. The van der Waals surface area contributed by atoms with Gasteiger partial charge in [-0.3, -0.25) is 0 Å². The number of hydrogen-bond acceptors (Lipinski definition) is 3. The summed E-state index contributed by atoms with van der Waals surface area (Å²) in [5.41, 5.74) is 7.02. The molecule has 1 aliphatic rings. The molecule has 1 aromatic heterocycles. The monoisotopic (exact) mass is 192 g/mol. The Labute approximate surface area is 84.3 Å². The molecule has 3 heteroatoms. The summed E-state index contributed by atoms with van der Waals surface area (Å²) >= 11 is 0. The lowest BCUT2D eigenvalue weighted by molar-refractivity contribution is 0.137. The van der Waals surface area contributed by atoms with Crippen LogP contribution >= 0.6 is 0 Å². The van der Waals surface area contributed by atoms with Crippen LogP contribution in [0.1, 0.15) is 24.8 Å². The Morgan fingerprint density at radius 1 is 1.57 bits per heavy atom. The lowest BCUT2D eigenvalue weighted by Crippen LogP contribution is -2.51. The molecule has 0 aromatic carbocycles. The van der Waals surface area contributed by atoms with Gasteiger partial charge in [0, 0.05) is 11.8 Å². The Bertz CT molecular complexity index is 321. The van der Waals surface area contributed by atoms with Crippen molar-refractivity contribution in [2.24, 2.45) is 5.73 Å². The average molecular weight is 192 g/mol. The van der Waals surface area contributed by atoms with Gasteiger partial charge < -0.3 is 10.5 Å². The molecule has 0 bridgehead atoms. The molecule has 1 saturated carbocycles. The van der Waals surface area contributed by atoms with Crippen LogP contribution in [0.15, 0.2) is 18.3 Å². The smallest absolute Gasteiger partial charge is 0.216 e. The van der Waals surface area contributed by atoms with E-state index in [1.807, 2.05) is 19.1 Å². The Hall–Kier alpha value is -1.09. The van der Waals surface area contributed by atoms with Gasteiger partial charge >= 0.3 is 0 Å². The molecule has 0 radical (unpaired) electrons. The third-order valence-corrected chi connectivity index (χ3v) is 2.81. The second-order valence-electron chi connectivity index (χ2n) is 4.13. The van der Waals surface area contributed by atoms with E-state index in [4.69, 9.17) is 10.5 Å². The zero-order valence-electron chi connectivity index (χ0n) is 8.49. The van der Waals surface area contributed by atoms with E-state index < -0.39 is 0 Å². The lowest BCUT2D eigenvalue weighted by atomic mass is 9.78. The summed E-state index contributed by atoms with van der Waals surface area (Å²) in [5.74, 6) is 0.712. The summed E-state index contributed by atoms with van der Waals surface area (Å²) < 4.78 is 5.61. The maximum absolute atomic E-state index is 6.05. The summed E-state index contributed by atoms with van der Waals surface area (Å²) in [6, 6.07) is 3.90. The number of aryl methyl sites for hydroxylation is 1. The molecule has 2 rings (SSSR count). The number of nitrogens with zero attached hydrogens (tertiary/aromatic N) is 1. The highest BCUT2D eigenvalue weighted by atomic mass is 16.5. The summed E-state index contributed by atoms with van der Waals surface area (Å²) in [4.78, 5) is 4.16. The molecule has 0 spiro atoms. The molecule has 1 fully saturated rings. The number of aromatic nitrogens is 1. The lowest BCUT2D eigenvalue weighted by Gasteiger charge is -2.37. The fourth-order valence-corrected chi connectivity index (χ4v) is 1.61. The van der Waals surface area contributed by atoms with Crippen molar-refractivity contribution in [2.75, 3.05) is 6.61 Å². The molecule has 1 aliphatic carbocycles. The molecule has 0 aliphatic heterocycles. The van der Waals surface area contributed by atoms with Gasteiger partial charge in [0.25, 0.3) is 0 Å². The number of rotatable bonds is 3. The summed E-state index contributed by atoms with van der Waals surface area (Å²) in [6.07, 6.45) is 5.10. The molecule has 76 valence electrons. The first-order chi connectivity index (χ1) is 6.70. The van der Waals surface area contributed by atoms with E-state index in [1.54, 1.807) is 6.20 Å². The van der Waals surface area contributed by atoms with Crippen molar-refractivity contribution in [3.05, 3.63) is 23.9 Å². The molecule has 2 N–H and O–H groups in total. The predicted molar refractivity (Wildman–Crippen MR) is 55.2 cm³/mol. The standard InChI is InChI=1S/C11H16N2O/c1-9-4-2-7-13-10(9)14-8-11(12)5-3-6-11/h2,4,7H,3,5-6,8,12H2,1H3. The minimum absolute atomic E-state index is 0.0933. The fraction of sp³-hybridized carbons (Fsp3) is 0.545. The first-order valence-corrected chi connectivity index (χ1v) is 5.03. The van der Waals surface area contributed by atoms with Crippen LogP contribution in [0.4, 0.5) is 0 Å². The van der Waals surface area contributed by atoms with E-state index in [0.29, 0.717) is 12.5 Å². The van der Waals surface area contributed by atoms with Crippen molar-refractivity contribution >= 4 is 0 Å². The van der Waals surface area contributed by atoms with E-state index in [1.165, 1.54) is 6.42 Å². The molecule has 14 heavy (non-hydrogen) atoms. The first-order valence-electron chi connectivity index (χ1n) is 5.03. The summed E-state index contributed by atoms with van der Waals surface area (Å²) in [7, 11) is 0. The third-order valence-electron chi connectivity index (χ3n) is 2.81. The largest absolute Gasteiger partial charge is 0.476 e. The number of pyridine rings is 1. The van der Waals surface area contributed by atoms with Crippen molar-refractivity contribution in [2.45, 2.75) is 31.7 Å². The predicted octanol–water partition coefficient (Wildman–Crippen LogP) is 1.65. The molecule has 1 aromatic rings. The minimum Gasteiger partial charge on any atom is -0.476 e. The molecule has 0 unspecified atom stereocenters. The molecule has 3 nitrogen and oxygen atoms in total. The minimum atomic E-state index is -0.0933. The van der Waals surface area contributed by atoms with Gasteiger partial charge in [-0.2, -0.15) is 0 Å². The number of ether oxygens (including phenoxy) is 1. The van der Waals surface area contributed by atoms with Crippen LogP contribution in [0.25, 0.3) is 0 Å². The molecule has 1 heterocycles. The van der Waals surface area contributed by atoms with Gasteiger partial charge in [0.05, 0.1) is 5.54 Å². The zero-order valence-corrected chi connectivity index (χ0v) is 8.49. The molecule has 0 atom stereocenters. The summed E-state index contributed by atoms with van der Waals surface area (Å²) in [6.45, 7) is 2.58. The topological polar surface area (TPSA) is 48.1 Å². The van der Waals surface area contributed by atoms with Crippen LogP contribution < -0.4 is 10.5 Å². The van der Waals surface area contributed by atoms with Gasteiger partial charge in [-0.05, 0) is 32.3 Å². The van der Waals surface area contributed by atoms with Gasteiger partial charge in [0.1, 0.15) is 6.61 Å². The second kappa shape index (κ2) is 3.58. The zero-order chi connectivity index (χ0) is 10.0. The van der Waals surface area contributed by atoms with Gasteiger partial charge in [-0.15, -0.1) is 0 Å². The van der Waals surface area contributed by atoms with E-state index in [0.717, 1.165) is 18.4 Å². The van der Waals surface area contributed by atoms with Crippen LogP contribution in [-0.2, 0) is 0 Å². The van der Waals surface area contributed by atoms with Gasteiger partial charge in [0.2, 0.25) is 5.88 Å². The van der Waals surface area contributed by atoms with Crippen molar-refractivity contribution < 1.29 is 4.74 Å². The maximum Gasteiger partial charge on any atom is 0.216 e. The van der Waals surface area contributed by atoms with Crippen molar-refractivity contribution in [1.82, 2.24) is 4.98 Å². The van der Waals surface area contributed by atoms with Crippen LogP contribution in [0.3, 0.4) is 0 Å². The Balaban J connectivity index is 1.95. The van der Waals surface area contributed by atoms with Gasteiger partial charge in [0.15, 0.2) is 0 Å². The quantitative estimate of drug-likeness (QED) is 0.792. The van der Waals surface area contributed by atoms with Gasteiger partial charge in [-0.25, -0.2) is 4.98 Å². The number of hydrogen-bond donors (Lipinski definition) is 1. The average Bonchev–Trinajstić information content (AvgIpc) is 2.14. The van der Waals surface area contributed by atoms with E-state index in [-0.39, 0.29) is 5.54 Å². The second-order valence-corrected chi connectivity index (χ2v) is 4.13. The first kappa shape index (κ1) is 9.46. The van der Waals surface area contributed by atoms with E-state index in [2.05, 4.69) is 4.98 Å². The molecule has 0 amide bonds. The third kappa shape index (κ3) is 1.87. The van der Waals surface area contributed by atoms with E-state index in [9.17, 15) is 0 Å². The van der Waals surface area contributed by atoms with Crippen molar-refractivity contribution in [3.8, 4) is 5.88 Å². The Morgan fingerprint density at radius 2 is 2.36 bits per heavy atom. The normalized spacial score (nSPS) is 18.7. The number of nitrogens with two attached hydrogens (primary N) is 1. The SMILES string of the molecule is Cc1cccnc1OCC1(N)CCC1. The van der Waals surface area contributed by atoms with Crippen LogP contribution in [0.5, 0.6) is 5.88 Å². The molecular weight excluding hydrogens is 176 g/mol. The van der Waals surface area contributed by atoms with Crippen LogP contribution in [0, 0.1) is 6.92 Å². The van der Waals surface area contributed by atoms with E-state index >= 15 is 0 Å². The Kier molecular flexibility index (Phi) is 2.42. The highest BCUT2D eigenvalue weighted by Crippen LogP contribution is 2.29. The summed E-state index contributed by atoms with van der Waals surface area (Å²) in [5, 5.41) is 0. The maximum atomic E-state index is 6.05. The molecular formula is C11H16N2O. The Morgan fingerprint density at radius 3 is 2.93 bits per heavy atom. The van der Waals surface area contributed by atoms with Crippen molar-refractivity contribution in [1.29, 1.82) is 0 Å². The van der Waals surface area contributed by atoms with Gasteiger partial charge in [-0.1, -0.05) is 6.07 Å². The van der Waals surface area contributed by atoms with Crippen LogP contribution in [0.2, 0.25) is 0 Å². The highest BCUT2D eigenvalue weighted by Gasteiger charge is 2.33. The fourth-order valence-electron chi connectivity index (χ4n) is 1.61. The van der Waals surface area contributed by atoms with Crippen LogP contribution in [-0.4, -0.2) is 17.1 Å². The molecule has 0 saturated heterocycles.